The zero-order valence-electron chi connectivity index (χ0n) is 9.81. The fraction of sp³-hybridized carbons (Fsp3) is 0.364. The first-order chi connectivity index (χ1) is 8.69. The molecule has 0 spiro atoms. The van der Waals surface area contributed by atoms with Crippen LogP contribution in [0.25, 0.3) is 0 Å². The lowest BCUT2D eigenvalue weighted by atomic mass is 10.2. The summed E-state index contributed by atoms with van der Waals surface area (Å²) >= 11 is 5.71. The van der Waals surface area contributed by atoms with Crippen molar-refractivity contribution >= 4 is 23.2 Å². The first kappa shape index (κ1) is 15.6. The molecule has 1 aromatic carbocycles. The molecule has 1 amide bonds. The van der Waals surface area contributed by atoms with Crippen LogP contribution in [0.3, 0.4) is 0 Å². The Morgan fingerprint density at radius 1 is 1.42 bits per heavy atom. The van der Waals surface area contributed by atoms with Crippen LogP contribution in [0.1, 0.15) is 6.92 Å². The molecule has 0 aliphatic carbocycles. The maximum Gasteiger partial charge on any atom is 0.405 e. The van der Waals surface area contributed by atoms with Gasteiger partial charge in [0.25, 0.3) is 0 Å². The molecular formula is C11H11ClF4N2O. The highest BCUT2D eigenvalue weighted by atomic mass is 35.5. The number of carbonyl (C=O) groups excluding carboxylic acids is 1. The topological polar surface area (TPSA) is 41.1 Å². The van der Waals surface area contributed by atoms with Crippen molar-refractivity contribution in [1.29, 1.82) is 0 Å². The van der Waals surface area contributed by atoms with Gasteiger partial charge >= 0.3 is 6.18 Å². The van der Waals surface area contributed by atoms with Gasteiger partial charge in [-0.15, -0.1) is 0 Å². The Bertz CT molecular complexity index is 464. The molecule has 1 unspecified atom stereocenters. The smallest absolute Gasteiger partial charge is 0.373 e. The number of hydrogen-bond acceptors (Lipinski definition) is 2. The van der Waals surface area contributed by atoms with Gasteiger partial charge in [-0.1, -0.05) is 11.6 Å². The second-order valence-electron chi connectivity index (χ2n) is 3.82. The lowest BCUT2D eigenvalue weighted by molar-refractivity contribution is -0.138. The summed E-state index contributed by atoms with van der Waals surface area (Å²) in [6, 6.07) is 2.51. The van der Waals surface area contributed by atoms with E-state index in [1.54, 1.807) is 5.32 Å². The Labute approximate surface area is 111 Å². The molecule has 0 aliphatic rings. The van der Waals surface area contributed by atoms with Crippen LogP contribution < -0.4 is 10.6 Å². The van der Waals surface area contributed by atoms with E-state index in [1.165, 1.54) is 13.0 Å². The average molecular weight is 299 g/mol. The molecule has 106 valence electrons. The number of anilines is 1. The SMILES string of the molecule is CC(Nc1ccc(F)cc1Cl)C(=O)NCC(F)(F)F. The molecule has 0 aliphatic heterocycles. The predicted molar refractivity (Wildman–Crippen MR) is 63.6 cm³/mol. The Hall–Kier alpha value is -1.50. The summed E-state index contributed by atoms with van der Waals surface area (Å²) in [5, 5.41) is 4.36. The van der Waals surface area contributed by atoms with Gasteiger partial charge in [0.05, 0.1) is 10.7 Å². The largest absolute Gasteiger partial charge is 0.405 e. The van der Waals surface area contributed by atoms with Crippen molar-refractivity contribution in [3.8, 4) is 0 Å². The van der Waals surface area contributed by atoms with E-state index in [0.29, 0.717) is 0 Å². The molecule has 0 heterocycles. The molecule has 0 aromatic heterocycles. The number of nitrogens with one attached hydrogen (secondary N) is 2. The van der Waals surface area contributed by atoms with Gasteiger partial charge in [0, 0.05) is 0 Å². The zero-order valence-corrected chi connectivity index (χ0v) is 10.6. The Morgan fingerprint density at radius 2 is 2.05 bits per heavy atom. The summed E-state index contributed by atoms with van der Waals surface area (Å²) in [7, 11) is 0. The lowest BCUT2D eigenvalue weighted by Crippen LogP contribution is -2.42. The fourth-order valence-electron chi connectivity index (χ4n) is 1.25. The number of halogens is 5. The van der Waals surface area contributed by atoms with Gasteiger partial charge in [0.15, 0.2) is 0 Å². The maximum absolute atomic E-state index is 12.8. The van der Waals surface area contributed by atoms with Crippen molar-refractivity contribution in [2.45, 2.75) is 19.1 Å². The lowest BCUT2D eigenvalue weighted by Gasteiger charge is -2.17. The molecule has 0 bridgehead atoms. The minimum absolute atomic E-state index is 0.0375. The van der Waals surface area contributed by atoms with Crippen LogP contribution in [-0.2, 0) is 4.79 Å². The number of benzene rings is 1. The fourth-order valence-corrected chi connectivity index (χ4v) is 1.47. The second kappa shape index (κ2) is 6.10. The number of amides is 1. The quantitative estimate of drug-likeness (QED) is 0.839. The number of rotatable bonds is 4. The van der Waals surface area contributed by atoms with E-state index in [9.17, 15) is 22.4 Å². The summed E-state index contributed by atoms with van der Waals surface area (Å²) in [6.45, 7) is -0.0413. The Balaban J connectivity index is 2.59. The molecule has 0 radical (unpaired) electrons. The predicted octanol–water partition coefficient (Wildman–Crippen LogP) is 2.96. The second-order valence-corrected chi connectivity index (χ2v) is 4.23. The standard InChI is InChI=1S/C11H11ClF4N2O/c1-6(10(19)17-5-11(14,15)16)18-9-3-2-7(13)4-8(9)12/h2-4,6,18H,5H2,1H3,(H,17,19). The van der Waals surface area contributed by atoms with Crippen molar-refractivity contribution < 1.29 is 22.4 Å². The first-order valence-corrected chi connectivity index (χ1v) is 5.63. The highest BCUT2D eigenvalue weighted by Crippen LogP contribution is 2.23. The minimum Gasteiger partial charge on any atom is -0.373 e. The average Bonchev–Trinajstić information content (AvgIpc) is 2.28. The number of hydrogen-bond donors (Lipinski definition) is 2. The molecule has 8 heteroatoms. The van der Waals surface area contributed by atoms with Crippen LogP contribution in [0.4, 0.5) is 23.2 Å². The molecule has 0 saturated carbocycles. The van der Waals surface area contributed by atoms with Gasteiger partial charge in [-0.05, 0) is 25.1 Å². The van der Waals surface area contributed by atoms with Gasteiger partial charge in [-0.2, -0.15) is 13.2 Å². The molecule has 3 nitrogen and oxygen atoms in total. The van der Waals surface area contributed by atoms with Crippen molar-refractivity contribution in [2.24, 2.45) is 0 Å². The highest BCUT2D eigenvalue weighted by Gasteiger charge is 2.28. The molecule has 19 heavy (non-hydrogen) atoms. The van der Waals surface area contributed by atoms with Crippen LogP contribution in [0.2, 0.25) is 5.02 Å². The van der Waals surface area contributed by atoms with E-state index < -0.39 is 30.5 Å². The van der Waals surface area contributed by atoms with Crippen LogP contribution in [0, 0.1) is 5.82 Å². The summed E-state index contributed by atoms with van der Waals surface area (Å²) in [4.78, 5) is 11.4. The van der Waals surface area contributed by atoms with Gasteiger partial charge in [0.1, 0.15) is 18.4 Å². The summed E-state index contributed by atoms with van der Waals surface area (Å²) < 4.78 is 48.5. The van der Waals surface area contributed by atoms with Crippen molar-refractivity contribution in [3.05, 3.63) is 29.0 Å². The highest BCUT2D eigenvalue weighted by molar-refractivity contribution is 6.33. The van der Waals surface area contributed by atoms with Crippen LogP contribution in [-0.4, -0.2) is 24.7 Å². The molecule has 0 fully saturated rings. The molecular weight excluding hydrogens is 288 g/mol. The van der Waals surface area contributed by atoms with E-state index >= 15 is 0 Å². The van der Waals surface area contributed by atoms with Gasteiger partial charge in [-0.25, -0.2) is 4.39 Å². The van der Waals surface area contributed by atoms with E-state index in [1.807, 2.05) is 0 Å². The minimum atomic E-state index is -4.47. The third-order valence-corrected chi connectivity index (χ3v) is 2.47. The summed E-state index contributed by atoms with van der Waals surface area (Å²) in [5.41, 5.74) is 0.262. The zero-order chi connectivity index (χ0) is 14.6. The first-order valence-electron chi connectivity index (χ1n) is 5.25. The Kier molecular flexibility index (Phi) is 4.99. The molecule has 1 atom stereocenters. The third-order valence-electron chi connectivity index (χ3n) is 2.16. The molecule has 1 aromatic rings. The maximum atomic E-state index is 12.8. The van der Waals surface area contributed by atoms with E-state index in [-0.39, 0.29) is 10.7 Å². The third kappa shape index (κ3) is 5.34. The Morgan fingerprint density at radius 3 is 2.58 bits per heavy atom. The van der Waals surface area contributed by atoms with Gasteiger partial charge < -0.3 is 10.6 Å². The van der Waals surface area contributed by atoms with Crippen molar-refractivity contribution in [3.63, 3.8) is 0 Å². The molecule has 1 rings (SSSR count). The molecule has 2 N–H and O–H groups in total. The molecule has 0 saturated heterocycles. The van der Waals surface area contributed by atoms with Gasteiger partial charge in [-0.3, -0.25) is 4.79 Å². The van der Waals surface area contributed by atoms with Gasteiger partial charge in [0.2, 0.25) is 5.91 Å². The number of carbonyl (C=O) groups is 1. The van der Waals surface area contributed by atoms with Crippen molar-refractivity contribution in [1.82, 2.24) is 5.32 Å². The summed E-state index contributed by atoms with van der Waals surface area (Å²) in [5.74, 6) is -1.39. The number of alkyl halides is 3. The van der Waals surface area contributed by atoms with Crippen molar-refractivity contribution in [2.75, 3.05) is 11.9 Å². The van der Waals surface area contributed by atoms with Crippen LogP contribution in [0.15, 0.2) is 18.2 Å². The van der Waals surface area contributed by atoms with E-state index in [2.05, 4.69) is 5.32 Å². The van der Waals surface area contributed by atoms with E-state index in [0.717, 1.165) is 12.1 Å². The van der Waals surface area contributed by atoms with Crippen LogP contribution in [0.5, 0.6) is 0 Å². The van der Waals surface area contributed by atoms with E-state index in [4.69, 9.17) is 11.6 Å². The normalized spacial score (nSPS) is 12.9. The summed E-state index contributed by atoms with van der Waals surface area (Å²) in [6.07, 6.45) is -4.47. The van der Waals surface area contributed by atoms with Crippen LogP contribution >= 0.6 is 11.6 Å². The monoisotopic (exact) mass is 298 g/mol.